The summed E-state index contributed by atoms with van der Waals surface area (Å²) in [5, 5.41) is 0. The molecule has 0 atom stereocenters. The second-order valence-corrected chi connectivity index (χ2v) is 4.29. The van der Waals surface area contributed by atoms with Crippen LogP contribution < -0.4 is 10.5 Å². The van der Waals surface area contributed by atoms with Crippen molar-refractivity contribution >= 4 is 21.8 Å². The molecule has 4 nitrogen and oxygen atoms in total. The molecule has 0 bridgehead atoms. The summed E-state index contributed by atoms with van der Waals surface area (Å²) in [6.45, 7) is 0. The molecule has 0 saturated carbocycles. The smallest absolute Gasteiger partial charge is 0.284 e. The highest BCUT2D eigenvalue weighted by atomic mass is 79.9. The zero-order valence-corrected chi connectivity index (χ0v) is 10.7. The lowest BCUT2D eigenvalue weighted by Crippen LogP contribution is -2.09. The molecule has 2 rings (SSSR count). The van der Waals surface area contributed by atoms with Crippen molar-refractivity contribution in [1.29, 1.82) is 0 Å². The van der Waals surface area contributed by atoms with E-state index in [4.69, 9.17) is 14.9 Å². The number of methoxy groups -OCH3 is 1. The molecule has 1 aromatic heterocycles. The standard InChI is InChI=1S/C12H10BrNO3/c1-16-11-6-7(13)2-3-8(11)9-4-5-10(17-9)12(14)15/h2-6H,1H3,(H2,14,15). The highest BCUT2D eigenvalue weighted by Crippen LogP contribution is 2.33. The maximum absolute atomic E-state index is 10.9. The fourth-order valence-corrected chi connectivity index (χ4v) is 1.82. The number of nitrogens with two attached hydrogens (primary N) is 1. The Bertz CT molecular complexity index is 563. The van der Waals surface area contributed by atoms with Crippen molar-refractivity contribution in [3.8, 4) is 17.1 Å². The molecule has 17 heavy (non-hydrogen) atoms. The van der Waals surface area contributed by atoms with Crippen LogP contribution in [0.2, 0.25) is 0 Å². The first kappa shape index (κ1) is 11.7. The monoisotopic (exact) mass is 295 g/mol. The van der Waals surface area contributed by atoms with Crippen LogP contribution in [0.25, 0.3) is 11.3 Å². The Morgan fingerprint density at radius 1 is 1.35 bits per heavy atom. The third-order valence-corrected chi connectivity index (χ3v) is 2.77. The quantitative estimate of drug-likeness (QED) is 0.947. The molecule has 0 radical (unpaired) electrons. The van der Waals surface area contributed by atoms with Crippen molar-refractivity contribution < 1.29 is 13.9 Å². The summed E-state index contributed by atoms with van der Waals surface area (Å²) >= 11 is 3.35. The molecule has 0 spiro atoms. The van der Waals surface area contributed by atoms with Gasteiger partial charge in [0, 0.05) is 4.47 Å². The Morgan fingerprint density at radius 2 is 2.12 bits per heavy atom. The molecule has 0 aliphatic rings. The number of hydrogen-bond donors (Lipinski definition) is 1. The number of benzene rings is 1. The molecule has 0 saturated heterocycles. The van der Waals surface area contributed by atoms with Gasteiger partial charge in [0.2, 0.25) is 0 Å². The first-order valence-corrected chi connectivity index (χ1v) is 5.64. The minimum atomic E-state index is -0.590. The lowest BCUT2D eigenvalue weighted by Gasteiger charge is -2.06. The van der Waals surface area contributed by atoms with E-state index in [-0.39, 0.29) is 5.76 Å². The number of halogens is 1. The van der Waals surface area contributed by atoms with Gasteiger partial charge in [-0.15, -0.1) is 0 Å². The second-order valence-electron chi connectivity index (χ2n) is 3.37. The molecule has 0 aliphatic heterocycles. The molecular formula is C12H10BrNO3. The normalized spacial score (nSPS) is 10.2. The van der Waals surface area contributed by atoms with E-state index in [0.29, 0.717) is 11.5 Å². The largest absolute Gasteiger partial charge is 0.496 e. The Morgan fingerprint density at radius 3 is 2.71 bits per heavy atom. The van der Waals surface area contributed by atoms with Crippen molar-refractivity contribution in [3.63, 3.8) is 0 Å². The molecule has 1 heterocycles. The summed E-state index contributed by atoms with van der Waals surface area (Å²) in [6.07, 6.45) is 0. The van der Waals surface area contributed by atoms with Gasteiger partial charge in [0.25, 0.3) is 5.91 Å². The predicted octanol–water partition coefficient (Wildman–Crippen LogP) is 2.82. The summed E-state index contributed by atoms with van der Waals surface area (Å²) in [7, 11) is 1.57. The van der Waals surface area contributed by atoms with Crippen LogP contribution in [-0.4, -0.2) is 13.0 Å². The minimum Gasteiger partial charge on any atom is -0.496 e. The Hall–Kier alpha value is -1.75. The summed E-state index contributed by atoms with van der Waals surface area (Å²) < 4.78 is 11.5. The number of furan rings is 1. The third-order valence-electron chi connectivity index (χ3n) is 2.28. The minimum absolute atomic E-state index is 0.130. The van der Waals surface area contributed by atoms with Crippen LogP contribution in [0.3, 0.4) is 0 Å². The summed E-state index contributed by atoms with van der Waals surface area (Å²) in [5.41, 5.74) is 5.90. The zero-order chi connectivity index (χ0) is 12.4. The SMILES string of the molecule is COc1cc(Br)ccc1-c1ccc(C(N)=O)o1. The molecule has 1 aromatic carbocycles. The van der Waals surface area contributed by atoms with Gasteiger partial charge in [0.1, 0.15) is 11.5 Å². The van der Waals surface area contributed by atoms with Gasteiger partial charge in [0.15, 0.2) is 5.76 Å². The average Bonchev–Trinajstić information content (AvgIpc) is 2.78. The molecular weight excluding hydrogens is 286 g/mol. The van der Waals surface area contributed by atoms with Crippen LogP contribution in [0.1, 0.15) is 10.6 Å². The van der Waals surface area contributed by atoms with Crippen LogP contribution in [0.4, 0.5) is 0 Å². The number of hydrogen-bond acceptors (Lipinski definition) is 3. The number of amides is 1. The van der Waals surface area contributed by atoms with Crippen LogP contribution in [-0.2, 0) is 0 Å². The lowest BCUT2D eigenvalue weighted by molar-refractivity contribution is 0.0974. The predicted molar refractivity (Wildman–Crippen MR) is 66.9 cm³/mol. The van der Waals surface area contributed by atoms with Gasteiger partial charge in [-0.2, -0.15) is 0 Å². The van der Waals surface area contributed by atoms with E-state index < -0.39 is 5.91 Å². The molecule has 2 aromatic rings. The summed E-state index contributed by atoms with van der Waals surface area (Å²) in [5.74, 6) is 0.741. The van der Waals surface area contributed by atoms with Crippen molar-refractivity contribution in [3.05, 3.63) is 40.6 Å². The first-order chi connectivity index (χ1) is 8.11. The van der Waals surface area contributed by atoms with E-state index in [2.05, 4.69) is 15.9 Å². The molecule has 0 unspecified atom stereocenters. The summed E-state index contributed by atoms with van der Waals surface area (Å²) in [6, 6.07) is 8.75. The Kier molecular flexibility index (Phi) is 3.19. The average molecular weight is 296 g/mol. The van der Waals surface area contributed by atoms with E-state index in [1.54, 1.807) is 19.2 Å². The number of primary amides is 1. The van der Waals surface area contributed by atoms with Gasteiger partial charge in [-0.05, 0) is 30.3 Å². The van der Waals surface area contributed by atoms with E-state index >= 15 is 0 Å². The van der Waals surface area contributed by atoms with Crippen molar-refractivity contribution in [1.82, 2.24) is 0 Å². The maximum Gasteiger partial charge on any atom is 0.284 e. The molecule has 0 fully saturated rings. The fraction of sp³-hybridized carbons (Fsp3) is 0.0833. The topological polar surface area (TPSA) is 65.5 Å². The van der Waals surface area contributed by atoms with E-state index in [9.17, 15) is 4.79 Å². The van der Waals surface area contributed by atoms with E-state index in [1.165, 1.54) is 0 Å². The molecule has 2 N–H and O–H groups in total. The van der Waals surface area contributed by atoms with Crippen molar-refractivity contribution in [2.45, 2.75) is 0 Å². The van der Waals surface area contributed by atoms with Gasteiger partial charge in [0.05, 0.1) is 12.7 Å². The molecule has 0 aliphatic carbocycles. The fourth-order valence-electron chi connectivity index (χ4n) is 1.48. The zero-order valence-electron chi connectivity index (χ0n) is 9.07. The number of rotatable bonds is 3. The van der Waals surface area contributed by atoms with Crippen LogP contribution >= 0.6 is 15.9 Å². The van der Waals surface area contributed by atoms with Crippen LogP contribution in [0, 0.1) is 0 Å². The highest BCUT2D eigenvalue weighted by Gasteiger charge is 2.12. The maximum atomic E-state index is 10.9. The molecule has 88 valence electrons. The van der Waals surface area contributed by atoms with Gasteiger partial charge >= 0.3 is 0 Å². The highest BCUT2D eigenvalue weighted by molar-refractivity contribution is 9.10. The summed E-state index contributed by atoms with van der Waals surface area (Å²) in [4.78, 5) is 10.9. The van der Waals surface area contributed by atoms with Crippen LogP contribution in [0.15, 0.2) is 39.2 Å². The van der Waals surface area contributed by atoms with Crippen molar-refractivity contribution in [2.24, 2.45) is 5.73 Å². The Balaban J connectivity index is 2.48. The van der Waals surface area contributed by atoms with Crippen molar-refractivity contribution in [2.75, 3.05) is 7.11 Å². The van der Waals surface area contributed by atoms with Gasteiger partial charge in [-0.25, -0.2) is 0 Å². The number of carbonyl (C=O) groups excluding carboxylic acids is 1. The second kappa shape index (κ2) is 4.63. The number of carbonyl (C=O) groups is 1. The molecule has 1 amide bonds. The Labute approximate surface area is 106 Å². The van der Waals surface area contributed by atoms with E-state index in [1.807, 2.05) is 18.2 Å². The third kappa shape index (κ3) is 2.34. The number of ether oxygens (including phenoxy) is 1. The van der Waals surface area contributed by atoms with Crippen LogP contribution in [0.5, 0.6) is 5.75 Å². The van der Waals surface area contributed by atoms with Gasteiger partial charge < -0.3 is 14.9 Å². The lowest BCUT2D eigenvalue weighted by atomic mass is 10.1. The van der Waals surface area contributed by atoms with E-state index in [0.717, 1.165) is 10.0 Å². The van der Waals surface area contributed by atoms with Gasteiger partial charge in [-0.3, -0.25) is 4.79 Å². The first-order valence-electron chi connectivity index (χ1n) is 4.85. The molecule has 5 heteroatoms. The van der Waals surface area contributed by atoms with Gasteiger partial charge in [-0.1, -0.05) is 15.9 Å².